The van der Waals surface area contributed by atoms with Crippen LogP contribution in [-0.2, 0) is 4.79 Å². The van der Waals surface area contributed by atoms with E-state index in [1.54, 1.807) is 31.2 Å². The summed E-state index contributed by atoms with van der Waals surface area (Å²) in [6.45, 7) is 1.62. The minimum absolute atomic E-state index is 0.327. The first-order valence-electron chi connectivity index (χ1n) is 8.58. The predicted molar refractivity (Wildman–Crippen MR) is 109 cm³/mol. The summed E-state index contributed by atoms with van der Waals surface area (Å²) >= 11 is 12.0. The van der Waals surface area contributed by atoms with Crippen LogP contribution in [0.15, 0.2) is 71.5 Å². The fourth-order valence-corrected chi connectivity index (χ4v) is 2.93. The van der Waals surface area contributed by atoms with Gasteiger partial charge >= 0.3 is 0 Å². The highest BCUT2D eigenvalue weighted by Crippen LogP contribution is 2.25. The van der Waals surface area contributed by atoms with Gasteiger partial charge in [-0.15, -0.1) is 0 Å². The summed E-state index contributed by atoms with van der Waals surface area (Å²) in [6, 6.07) is 14.8. The van der Waals surface area contributed by atoms with Gasteiger partial charge in [0.05, 0.1) is 17.9 Å². The van der Waals surface area contributed by atoms with E-state index in [2.05, 4.69) is 10.6 Å². The average Bonchev–Trinajstić information content (AvgIpc) is 3.22. The largest absolute Gasteiger partial charge is 0.472 e. The van der Waals surface area contributed by atoms with Crippen molar-refractivity contribution in [2.24, 2.45) is 0 Å². The molecular formula is C21H18Cl2N2O3. The van der Waals surface area contributed by atoms with E-state index >= 15 is 0 Å². The van der Waals surface area contributed by atoms with E-state index < -0.39 is 12.1 Å². The second-order valence-electron chi connectivity index (χ2n) is 6.25. The van der Waals surface area contributed by atoms with Gasteiger partial charge in [0.1, 0.15) is 12.3 Å². The van der Waals surface area contributed by atoms with E-state index in [0.717, 1.165) is 11.1 Å². The number of benzene rings is 2. The number of carbonyl (C=O) groups excluding carboxylic acids is 2. The van der Waals surface area contributed by atoms with Gasteiger partial charge in [0.15, 0.2) is 0 Å². The Morgan fingerprint density at radius 3 is 1.86 bits per heavy atom. The van der Waals surface area contributed by atoms with Gasteiger partial charge in [-0.25, -0.2) is 0 Å². The summed E-state index contributed by atoms with van der Waals surface area (Å²) < 4.78 is 4.89. The maximum absolute atomic E-state index is 12.7. The SMILES string of the molecule is C[C@H](NC(=O)c1ccoc1)C(=O)NC(c1ccc(Cl)cc1)c1ccc(Cl)cc1. The number of amides is 2. The number of rotatable bonds is 6. The maximum atomic E-state index is 12.7. The summed E-state index contributed by atoms with van der Waals surface area (Å²) in [4.78, 5) is 24.9. The third-order valence-electron chi connectivity index (χ3n) is 4.22. The molecule has 0 bridgehead atoms. The van der Waals surface area contributed by atoms with Crippen LogP contribution < -0.4 is 10.6 Å². The van der Waals surface area contributed by atoms with Crippen LogP contribution in [0.25, 0.3) is 0 Å². The van der Waals surface area contributed by atoms with Gasteiger partial charge in [-0.3, -0.25) is 9.59 Å². The minimum Gasteiger partial charge on any atom is -0.472 e. The molecule has 5 nitrogen and oxygen atoms in total. The highest BCUT2D eigenvalue weighted by atomic mass is 35.5. The topological polar surface area (TPSA) is 71.3 Å². The Bertz CT molecular complexity index is 893. The third kappa shape index (κ3) is 4.94. The molecule has 0 radical (unpaired) electrons. The first-order chi connectivity index (χ1) is 13.4. The van der Waals surface area contributed by atoms with E-state index in [0.29, 0.717) is 15.6 Å². The standard InChI is InChI=1S/C21H18Cl2N2O3/c1-13(24-21(27)16-10-11-28-12-16)20(26)25-19(14-2-6-17(22)7-3-14)15-4-8-18(23)9-5-15/h2-13,19H,1H3,(H,24,27)(H,25,26)/t13-/m0/s1. The Balaban J connectivity index is 1.78. The fourth-order valence-electron chi connectivity index (χ4n) is 2.68. The minimum atomic E-state index is -0.746. The zero-order valence-electron chi connectivity index (χ0n) is 15.0. The lowest BCUT2D eigenvalue weighted by Gasteiger charge is -2.22. The number of furan rings is 1. The van der Waals surface area contributed by atoms with Crippen molar-refractivity contribution in [3.05, 3.63) is 93.9 Å². The molecule has 0 unspecified atom stereocenters. The van der Waals surface area contributed by atoms with E-state index in [9.17, 15) is 9.59 Å². The summed E-state index contributed by atoms with van der Waals surface area (Å²) in [5.74, 6) is -0.710. The molecule has 1 atom stereocenters. The molecule has 28 heavy (non-hydrogen) atoms. The van der Waals surface area contributed by atoms with Crippen molar-refractivity contribution in [2.45, 2.75) is 19.0 Å². The molecule has 7 heteroatoms. The Morgan fingerprint density at radius 1 is 0.857 bits per heavy atom. The van der Waals surface area contributed by atoms with Crippen LogP contribution >= 0.6 is 23.2 Å². The molecule has 2 amide bonds. The lowest BCUT2D eigenvalue weighted by Crippen LogP contribution is -2.46. The maximum Gasteiger partial charge on any atom is 0.255 e. The molecule has 3 rings (SSSR count). The number of hydrogen-bond acceptors (Lipinski definition) is 3. The highest BCUT2D eigenvalue weighted by Gasteiger charge is 2.22. The van der Waals surface area contributed by atoms with Crippen LogP contribution in [-0.4, -0.2) is 17.9 Å². The second-order valence-corrected chi connectivity index (χ2v) is 7.12. The van der Waals surface area contributed by atoms with Crippen LogP contribution in [0.3, 0.4) is 0 Å². The summed E-state index contributed by atoms with van der Waals surface area (Å²) in [5, 5.41) is 6.84. The molecule has 0 saturated carbocycles. The molecule has 0 aliphatic rings. The molecule has 3 aromatic rings. The number of carbonyl (C=O) groups is 2. The van der Waals surface area contributed by atoms with Crippen LogP contribution in [0, 0.1) is 0 Å². The molecule has 0 saturated heterocycles. The Morgan fingerprint density at radius 2 is 1.39 bits per heavy atom. The number of nitrogens with one attached hydrogen (secondary N) is 2. The quantitative estimate of drug-likeness (QED) is 0.615. The van der Waals surface area contributed by atoms with E-state index in [4.69, 9.17) is 27.6 Å². The molecule has 2 aromatic carbocycles. The lowest BCUT2D eigenvalue weighted by atomic mass is 9.98. The van der Waals surface area contributed by atoms with Crippen molar-refractivity contribution in [3.8, 4) is 0 Å². The van der Waals surface area contributed by atoms with Gasteiger partial charge in [-0.2, -0.15) is 0 Å². The zero-order chi connectivity index (χ0) is 20.1. The van der Waals surface area contributed by atoms with Gasteiger partial charge in [-0.1, -0.05) is 47.5 Å². The normalized spacial score (nSPS) is 11.9. The molecule has 0 aliphatic heterocycles. The number of hydrogen-bond donors (Lipinski definition) is 2. The van der Waals surface area contributed by atoms with Gasteiger partial charge in [0.25, 0.3) is 5.91 Å². The smallest absolute Gasteiger partial charge is 0.255 e. The molecule has 0 spiro atoms. The third-order valence-corrected chi connectivity index (χ3v) is 4.72. The van der Waals surface area contributed by atoms with Gasteiger partial charge < -0.3 is 15.1 Å². The van der Waals surface area contributed by atoms with Crippen LogP contribution in [0.4, 0.5) is 0 Å². The summed E-state index contributed by atoms with van der Waals surface area (Å²) in [5.41, 5.74) is 2.06. The van der Waals surface area contributed by atoms with Crippen molar-refractivity contribution >= 4 is 35.0 Å². The van der Waals surface area contributed by atoms with Gasteiger partial charge in [-0.05, 0) is 48.4 Å². The molecule has 0 aliphatic carbocycles. The average molecular weight is 417 g/mol. The molecule has 1 aromatic heterocycles. The summed E-state index contributed by atoms with van der Waals surface area (Å²) in [6.07, 6.45) is 2.72. The monoisotopic (exact) mass is 416 g/mol. The van der Waals surface area contributed by atoms with Crippen molar-refractivity contribution in [1.29, 1.82) is 0 Å². The van der Waals surface area contributed by atoms with E-state index in [1.165, 1.54) is 18.6 Å². The fraction of sp³-hybridized carbons (Fsp3) is 0.143. The van der Waals surface area contributed by atoms with Crippen molar-refractivity contribution in [1.82, 2.24) is 10.6 Å². The first kappa shape index (κ1) is 20.0. The van der Waals surface area contributed by atoms with Crippen molar-refractivity contribution in [3.63, 3.8) is 0 Å². The number of halogens is 2. The van der Waals surface area contributed by atoms with Gasteiger partial charge in [0.2, 0.25) is 5.91 Å². The predicted octanol–water partition coefficient (Wildman–Crippen LogP) is 4.61. The molecule has 2 N–H and O–H groups in total. The van der Waals surface area contributed by atoms with E-state index in [-0.39, 0.29) is 11.8 Å². The van der Waals surface area contributed by atoms with E-state index in [1.807, 2.05) is 24.3 Å². The molecular weight excluding hydrogens is 399 g/mol. The van der Waals surface area contributed by atoms with Gasteiger partial charge in [0, 0.05) is 10.0 Å². The van der Waals surface area contributed by atoms with Crippen molar-refractivity contribution < 1.29 is 14.0 Å². The second kappa shape index (κ2) is 8.95. The van der Waals surface area contributed by atoms with Crippen LogP contribution in [0.5, 0.6) is 0 Å². The first-order valence-corrected chi connectivity index (χ1v) is 9.34. The van der Waals surface area contributed by atoms with Crippen molar-refractivity contribution in [2.75, 3.05) is 0 Å². The Labute approximate surface area is 172 Å². The Kier molecular flexibility index (Phi) is 6.39. The molecule has 0 fully saturated rings. The molecule has 144 valence electrons. The van der Waals surface area contributed by atoms with Crippen LogP contribution in [0.1, 0.15) is 34.5 Å². The van der Waals surface area contributed by atoms with Crippen LogP contribution in [0.2, 0.25) is 10.0 Å². The Hall–Kier alpha value is -2.76. The lowest BCUT2D eigenvalue weighted by molar-refractivity contribution is -0.123. The zero-order valence-corrected chi connectivity index (χ0v) is 16.5. The highest BCUT2D eigenvalue weighted by molar-refractivity contribution is 6.30. The summed E-state index contributed by atoms with van der Waals surface area (Å²) in [7, 11) is 0. The molecule has 1 heterocycles.